The molecule has 28 heavy (non-hydrogen) atoms. The van der Waals surface area contributed by atoms with Crippen LogP contribution >= 0.6 is 0 Å². The minimum Gasteiger partial charge on any atom is -0.415 e. The summed E-state index contributed by atoms with van der Waals surface area (Å²) < 4.78 is 5.90. The van der Waals surface area contributed by atoms with E-state index in [0.717, 1.165) is 43.0 Å². The van der Waals surface area contributed by atoms with Crippen molar-refractivity contribution in [2.24, 2.45) is 0 Å². The van der Waals surface area contributed by atoms with Crippen LogP contribution < -0.4 is 10.2 Å². The topological polar surface area (TPSA) is 100 Å². The molecular formula is C20H24N6O2. The Morgan fingerprint density at radius 3 is 2.75 bits per heavy atom. The number of nitrogens with zero attached hydrogens (tertiary/aromatic N) is 5. The first-order valence-electron chi connectivity index (χ1n) is 9.48. The summed E-state index contributed by atoms with van der Waals surface area (Å²) >= 11 is 0. The number of aliphatic hydroxyl groups excluding tert-OH is 1. The van der Waals surface area contributed by atoms with Crippen molar-refractivity contribution in [1.82, 2.24) is 25.5 Å². The third-order valence-corrected chi connectivity index (χ3v) is 5.03. The molecule has 3 aromatic rings. The van der Waals surface area contributed by atoms with Gasteiger partial charge in [0.05, 0.1) is 24.5 Å². The van der Waals surface area contributed by atoms with Crippen molar-refractivity contribution in [2.75, 3.05) is 25.1 Å². The Morgan fingerprint density at radius 2 is 2.00 bits per heavy atom. The highest BCUT2D eigenvalue weighted by Gasteiger charge is 2.26. The van der Waals surface area contributed by atoms with Crippen LogP contribution in [0.5, 0.6) is 0 Å². The molecule has 1 aliphatic rings. The standard InChI is InChI=1S/C20H24N6O2/c1-13-18(23-17(11-22-13)26-9-3-4-16(26)12-27)20-25-24-19(28-20)15-7-5-14(6-8-15)10-21-2/h5-8,11,16,21,27H,3-4,9-10,12H2,1-2H3/t16-/m1/s1. The minimum atomic E-state index is 0.0826. The number of rotatable bonds is 6. The van der Waals surface area contributed by atoms with Gasteiger partial charge in [0.1, 0.15) is 5.82 Å². The van der Waals surface area contributed by atoms with Crippen LogP contribution in [0.4, 0.5) is 5.82 Å². The molecule has 0 radical (unpaired) electrons. The minimum absolute atomic E-state index is 0.0826. The van der Waals surface area contributed by atoms with Gasteiger partial charge in [0, 0.05) is 18.7 Å². The summed E-state index contributed by atoms with van der Waals surface area (Å²) in [5.74, 6) is 1.53. The molecule has 146 valence electrons. The third kappa shape index (κ3) is 3.61. The Labute approximate surface area is 163 Å². The van der Waals surface area contributed by atoms with Gasteiger partial charge in [0.25, 0.3) is 5.89 Å². The van der Waals surface area contributed by atoms with Crippen molar-refractivity contribution >= 4 is 5.82 Å². The fourth-order valence-electron chi connectivity index (χ4n) is 3.51. The Kier molecular flexibility index (Phi) is 5.31. The highest BCUT2D eigenvalue weighted by atomic mass is 16.4. The van der Waals surface area contributed by atoms with E-state index in [2.05, 4.69) is 25.4 Å². The van der Waals surface area contributed by atoms with Crippen molar-refractivity contribution < 1.29 is 9.52 Å². The molecule has 1 atom stereocenters. The number of nitrogens with one attached hydrogen (secondary N) is 1. The monoisotopic (exact) mass is 380 g/mol. The largest absolute Gasteiger partial charge is 0.415 e. The van der Waals surface area contributed by atoms with Gasteiger partial charge in [0.15, 0.2) is 5.69 Å². The van der Waals surface area contributed by atoms with E-state index in [1.54, 1.807) is 6.20 Å². The zero-order chi connectivity index (χ0) is 19.5. The highest BCUT2D eigenvalue weighted by molar-refractivity contribution is 5.58. The zero-order valence-corrected chi connectivity index (χ0v) is 16.1. The van der Waals surface area contributed by atoms with Crippen LogP contribution in [-0.4, -0.2) is 51.5 Å². The molecule has 1 aromatic carbocycles. The van der Waals surface area contributed by atoms with Crippen LogP contribution in [0.15, 0.2) is 34.9 Å². The Balaban J connectivity index is 1.62. The summed E-state index contributed by atoms with van der Waals surface area (Å²) in [6.07, 6.45) is 3.73. The molecule has 0 bridgehead atoms. The van der Waals surface area contributed by atoms with E-state index in [1.807, 2.05) is 38.2 Å². The molecule has 4 rings (SSSR count). The van der Waals surface area contributed by atoms with Gasteiger partial charge >= 0.3 is 0 Å². The van der Waals surface area contributed by atoms with Crippen molar-refractivity contribution in [3.8, 4) is 23.0 Å². The summed E-state index contributed by atoms with van der Waals surface area (Å²) in [5, 5.41) is 21.1. The maximum Gasteiger partial charge on any atom is 0.268 e. The molecule has 3 heterocycles. The third-order valence-electron chi connectivity index (χ3n) is 5.03. The van der Waals surface area contributed by atoms with E-state index in [4.69, 9.17) is 9.40 Å². The van der Waals surface area contributed by atoms with Crippen LogP contribution in [0.3, 0.4) is 0 Å². The van der Waals surface area contributed by atoms with Crippen LogP contribution in [0.2, 0.25) is 0 Å². The Bertz CT molecular complexity index is 940. The van der Waals surface area contributed by atoms with E-state index in [-0.39, 0.29) is 12.6 Å². The highest BCUT2D eigenvalue weighted by Crippen LogP contribution is 2.28. The molecule has 0 saturated carbocycles. The number of aryl methyl sites for hydroxylation is 1. The van der Waals surface area contributed by atoms with Gasteiger partial charge in [0.2, 0.25) is 5.89 Å². The van der Waals surface area contributed by atoms with Gasteiger partial charge in [-0.25, -0.2) is 4.98 Å². The lowest BCUT2D eigenvalue weighted by molar-refractivity contribution is 0.266. The van der Waals surface area contributed by atoms with E-state index in [0.29, 0.717) is 17.5 Å². The van der Waals surface area contributed by atoms with Crippen LogP contribution in [0.25, 0.3) is 23.0 Å². The summed E-state index contributed by atoms with van der Waals surface area (Å²) in [7, 11) is 1.92. The molecule has 8 nitrogen and oxygen atoms in total. The van der Waals surface area contributed by atoms with Crippen molar-refractivity contribution in [3.05, 3.63) is 41.7 Å². The molecule has 1 saturated heterocycles. The van der Waals surface area contributed by atoms with Gasteiger partial charge in [-0.1, -0.05) is 12.1 Å². The number of hydrogen-bond donors (Lipinski definition) is 2. The maximum absolute atomic E-state index is 9.59. The first kappa shape index (κ1) is 18.5. The van der Waals surface area contributed by atoms with Crippen molar-refractivity contribution in [1.29, 1.82) is 0 Å². The average molecular weight is 380 g/mol. The van der Waals surface area contributed by atoms with Crippen molar-refractivity contribution in [3.63, 3.8) is 0 Å². The average Bonchev–Trinajstić information content (AvgIpc) is 3.39. The molecule has 0 aliphatic carbocycles. The summed E-state index contributed by atoms with van der Waals surface area (Å²) in [6, 6.07) is 8.08. The first-order chi connectivity index (χ1) is 13.7. The van der Waals surface area contributed by atoms with Gasteiger partial charge in [-0.3, -0.25) is 4.98 Å². The van der Waals surface area contributed by atoms with Crippen LogP contribution in [0, 0.1) is 6.92 Å². The summed E-state index contributed by atoms with van der Waals surface area (Å²) in [4.78, 5) is 11.3. The van der Waals surface area contributed by atoms with Gasteiger partial charge in [-0.05, 0) is 44.5 Å². The molecule has 1 fully saturated rings. The molecule has 2 N–H and O–H groups in total. The normalized spacial score (nSPS) is 16.7. The van der Waals surface area contributed by atoms with Gasteiger partial charge in [-0.2, -0.15) is 0 Å². The van der Waals surface area contributed by atoms with E-state index in [1.165, 1.54) is 5.56 Å². The Morgan fingerprint density at radius 1 is 1.21 bits per heavy atom. The molecule has 0 spiro atoms. The lowest BCUT2D eigenvalue weighted by Gasteiger charge is -2.24. The Hall–Kier alpha value is -2.84. The number of aromatic nitrogens is 4. The number of benzene rings is 1. The van der Waals surface area contributed by atoms with E-state index < -0.39 is 0 Å². The fourth-order valence-corrected chi connectivity index (χ4v) is 3.51. The number of aliphatic hydroxyl groups is 1. The van der Waals surface area contributed by atoms with E-state index in [9.17, 15) is 5.11 Å². The van der Waals surface area contributed by atoms with Crippen LogP contribution in [0.1, 0.15) is 24.1 Å². The second kappa shape index (κ2) is 8.04. The number of anilines is 1. The second-order valence-electron chi connectivity index (χ2n) is 6.97. The molecule has 8 heteroatoms. The molecule has 0 amide bonds. The van der Waals surface area contributed by atoms with Crippen molar-refractivity contribution in [2.45, 2.75) is 32.4 Å². The molecule has 1 aliphatic heterocycles. The second-order valence-corrected chi connectivity index (χ2v) is 6.97. The first-order valence-corrected chi connectivity index (χ1v) is 9.48. The quantitative estimate of drug-likeness (QED) is 0.671. The predicted octanol–water partition coefficient (Wildman–Crippen LogP) is 2.18. The lowest BCUT2D eigenvalue weighted by atomic mass is 10.1. The molecule has 0 unspecified atom stereocenters. The molecule has 2 aromatic heterocycles. The summed E-state index contributed by atoms with van der Waals surface area (Å²) in [6.45, 7) is 3.65. The van der Waals surface area contributed by atoms with Gasteiger partial charge < -0.3 is 19.7 Å². The lowest BCUT2D eigenvalue weighted by Crippen LogP contribution is -2.32. The maximum atomic E-state index is 9.59. The fraction of sp³-hybridized carbons (Fsp3) is 0.400. The van der Waals surface area contributed by atoms with E-state index >= 15 is 0 Å². The smallest absolute Gasteiger partial charge is 0.268 e. The number of hydrogen-bond acceptors (Lipinski definition) is 8. The van der Waals surface area contributed by atoms with Crippen LogP contribution in [-0.2, 0) is 6.54 Å². The summed E-state index contributed by atoms with van der Waals surface area (Å²) in [5.41, 5.74) is 3.35. The zero-order valence-electron chi connectivity index (χ0n) is 16.1. The van der Waals surface area contributed by atoms with Gasteiger partial charge in [-0.15, -0.1) is 10.2 Å². The SMILES string of the molecule is CNCc1ccc(-c2nnc(-c3nc(N4CCC[C@@H]4CO)cnc3C)o2)cc1. The predicted molar refractivity (Wildman–Crippen MR) is 106 cm³/mol. The molecular weight excluding hydrogens is 356 g/mol.